The van der Waals surface area contributed by atoms with E-state index < -0.39 is 5.91 Å². The van der Waals surface area contributed by atoms with Gasteiger partial charge < -0.3 is 25.8 Å². The summed E-state index contributed by atoms with van der Waals surface area (Å²) < 4.78 is 10.5. The Morgan fingerprint density at radius 3 is 2.48 bits per heavy atom. The average molecular weight is 298 g/mol. The predicted octanol–water partition coefficient (Wildman–Crippen LogP) is 0.00440. The Morgan fingerprint density at radius 1 is 1.24 bits per heavy atom. The van der Waals surface area contributed by atoms with Crippen molar-refractivity contribution in [2.24, 2.45) is 5.73 Å². The molecule has 9 nitrogen and oxygen atoms in total. The molecule has 4 N–H and O–H groups in total. The molecule has 0 radical (unpaired) electrons. The number of carbonyl (C=O) groups excluding carboxylic acids is 1. The van der Waals surface area contributed by atoms with Crippen LogP contribution >= 0.6 is 0 Å². The number of nitrogens with one attached hydrogen (secondary N) is 2. The van der Waals surface area contributed by atoms with E-state index in [9.17, 15) is 4.79 Å². The number of amides is 1. The van der Waals surface area contributed by atoms with E-state index in [2.05, 4.69) is 25.6 Å². The molecule has 0 atom stereocenters. The number of nitrogens with two attached hydrogens (primary N) is 1. The van der Waals surface area contributed by atoms with Crippen molar-refractivity contribution in [2.45, 2.75) is 26.9 Å². The van der Waals surface area contributed by atoms with Crippen LogP contribution in [-0.4, -0.2) is 53.3 Å². The van der Waals surface area contributed by atoms with Crippen molar-refractivity contribution in [1.29, 1.82) is 0 Å². The molecule has 0 fully saturated rings. The van der Waals surface area contributed by atoms with Gasteiger partial charge in [-0.1, -0.05) is 0 Å². The van der Waals surface area contributed by atoms with Gasteiger partial charge in [-0.3, -0.25) is 4.79 Å². The summed E-state index contributed by atoms with van der Waals surface area (Å²) in [5.74, 6) is 0.306. The number of nitrogens with zero attached hydrogens (tertiary/aromatic N) is 3. The lowest BCUT2D eigenvalue weighted by atomic mass is 10.5. The molecular formula is C12H22N6O3. The molecule has 0 bridgehead atoms. The van der Waals surface area contributed by atoms with Gasteiger partial charge in [-0.05, 0) is 20.8 Å². The van der Waals surface area contributed by atoms with E-state index in [0.29, 0.717) is 31.6 Å². The highest BCUT2D eigenvalue weighted by Crippen LogP contribution is 2.12. The molecule has 0 saturated heterocycles. The Bertz CT molecular complexity index is 455. The highest BCUT2D eigenvalue weighted by molar-refractivity contribution is 5.74. The molecule has 1 aromatic rings. The van der Waals surface area contributed by atoms with Gasteiger partial charge in [0, 0.05) is 13.1 Å². The summed E-state index contributed by atoms with van der Waals surface area (Å²) in [7, 11) is 0. The third-order valence-corrected chi connectivity index (χ3v) is 2.06. The van der Waals surface area contributed by atoms with Gasteiger partial charge in [-0.15, -0.1) is 0 Å². The molecule has 21 heavy (non-hydrogen) atoms. The number of hydrogen-bond acceptors (Lipinski definition) is 8. The van der Waals surface area contributed by atoms with Crippen molar-refractivity contribution in [2.75, 3.05) is 36.9 Å². The second-order valence-electron chi connectivity index (χ2n) is 4.41. The number of anilines is 2. The fourth-order valence-corrected chi connectivity index (χ4v) is 1.34. The van der Waals surface area contributed by atoms with Gasteiger partial charge in [0.2, 0.25) is 17.8 Å². The monoisotopic (exact) mass is 298 g/mol. The first-order valence-electron chi connectivity index (χ1n) is 6.77. The molecule has 0 saturated carbocycles. The van der Waals surface area contributed by atoms with Crippen LogP contribution in [0.1, 0.15) is 20.8 Å². The van der Waals surface area contributed by atoms with E-state index in [0.717, 1.165) is 0 Å². The van der Waals surface area contributed by atoms with Crippen LogP contribution in [0.15, 0.2) is 0 Å². The molecule has 0 aliphatic heterocycles. The number of ether oxygens (including phenoxy) is 2. The van der Waals surface area contributed by atoms with E-state index in [1.807, 2.05) is 20.8 Å². The summed E-state index contributed by atoms with van der Waals surface area (Å²) in [5, 5.41) is 5.97. The van der Waals surface area contributed by atoms with Crippen molar-refractivity contribution in [3.05, 3.63) is 0 Å². The third-order valence-electron chi connectivity index (χ3n) is 2.06. The molecule has 0 aliphatic rings. The lowest BCUT2D eigenvalue weighted by Crippen LogP contribution is -2.21. The highest BCUT2D eigenvalue weighted by Gasteiger charge is 2.08. The topological polar surface area (TPSA) is 124 Å². The van der Waals surface area contributed by atoms with E-state index in [4.69, 9.17) is 15.2 Å². The lowest BCUT2D eigenvalue weighted by Gasteiger charge is -2.11. The summed E-state index contributed by atoms with van der Waals surface area (Å²) in [6.07, 6.45) is -0.0337. The standard InChI is InChI=1S/C12H22N6O3/c1-4-14-10-16-11(15-5-6-20-7-9(13)19)18-12(17-10)21-8(2)3/h8H,4-7H2,1-3H3,(H2,13,19)(H2,14,15,16,17,18). The van der Waals surface area contributed by atoms with Crippen molar-refractivity contribution in [3.8, 4) is 6.01 Å². The molecule has 0 unspecified atom stereocenters. The number of rotatable bonds is 10. The molecule has 0 aliphatic carbocycles. The van der Waals surface area contributed by atoms with Crippen molar-refractivity contribution >= 4 is 17.8 Å². The Balaban J connectivity index is 2.58. The lowest BCUT2D eigenvalue weighted by molar-refractivity contribution is -0.122. The van der Waals surface area contributed by atoms with Crippen LogP contribution < -0.4 is 21.1 Å². The normalized spacial score (nSPS) is 10.5. The molecule has 1 heterocycles. The minimum absolute atomic E-state index is 0.0337. The fraction of sp³-hybridized carbons (Fsp3) is 0.667. The molecule has 1 amide bonds. The first-order chi connectivity index (χ1) is 10.0. The van der Waals surface area contributed by atoms with Gasteiger partial charge in [0.25, 0.3) is 0 Å². The molecular weight excluding hydrogens is 276 g/mol. The molecule has 9 heteroatoms. The van der Waals surface area contributed by atoms with Gasteiger partial charge in [0.05, 0.1) is 12.7 Å². The number of carbonyl (C=O) groups is 1. The highest BCUT2D eigenvalue weighted by atomic mass is 16.5. The largest absolute Gasteiger partial charge is 0.461 e. The minimum atomic E-state index is -0.503. The Labute approximate surface area is 123 Å². The minimum Gasteiger partial charge on any atom is -0.461 e. The van der Waals surface area contributed by atoms with Crippen LogP contribution in [0, 0.1) is 0 Å². The molecule has 1 aromatic heterocycles. The SMILES string of the molecule is CCNc1nc(NCCOCC(N)=O)nc(OC(C)C)n1. The van der Waals surface area contributed by atoms with Gasteiger partial charge in [0.1, 0.15) is 6.61 Å². The second kappa shape index (κ2) is 8.90. The zero-order valence-corrected chi connectivity index (χ0v) is 12.5. The third kappa shape index (κ3) is 7.25. The van der Waals surface area contributed by atoms with Crippen molar-refractivity contribution in [1.82, 2.24) is 15.0 Å². The maximum Gasteiger partial charge on any atom is 0.323 e. The van der Waals surface area contributed by atoms with Crippen LogP contribution in [0.4, 0.5) is 11.9 Å². The smallest absolute Gasteiger partial charge is 0.323 e. The number of primary amides is 1. The van der Waals surface area contributed by atoms with E-state index in [1.54, 1.807) is 0 Å². The second-order valence-corrected chi connectivity index (χ2v) is 4.41. The summed E-state index contributed by atoms with van der Waals surface area (Å²) in [4.78, 5) is 23.0. The van der Waals surface area contributed by atoms with Crippen LogP contribution in [0.25, 0.3) is 0 Å². The number of aromatic nitrogens is 3. The van der Waals surface area contributed by atoms with Crippen LogP contribution in [-0.2, 0) is 9.53 Å². The first kappa shape index (κ1) is 16.9. The average Bonchev–Trinajstić information content (AvgIpc) is 2.37. The fourth-order valence-electron chi connectivity index (χ4n) is 1.34. The first-order valence-corrected chi connectivity index (χ1v) is 6.77. The zero-order chi connectivity index (χ0) is 15.7. The summed E-state index contributed by atoms with van der Waals surface area (Å²) in [5.41, 5.74) is 4.96. The van der Waals surface area contributed by atoms with Crippen molar-refractivity contribution < 1.29 is 14.3 Å². The van der Waals surface area contributed by atoms with Crippen LogP contribution in [0.5, 0.6) is 6.01 Å². The molecule has 118 valence electrons. The summed E-state index contributed by atoms with van der Waals surface area (Å²) >= 11 is 0. The zero-order valence-electron chi connectivity index (χ0n) is 12.5. The predicted molar refractivity (Wildman–Crippen MR) is 78.3 cm³/mol. The summed E-state index contributed by atoms with van der Waals surface area (Å²) in [6.45, 7) is 7.05. The van der Waals surface area contributed by atoms with E-state index in [-0.39, 0.29) is 18.7 Å². The van der Waals surface area contributed by atoms with E-state index >= 15 is 0 Å². The Hall–Kier alpha value is -2.16. The van der Waals surface area contributed by atoms with Crippen molar-refractivity contribution in [3.63, 3.8) is 0 Å². The van der Waals surface area contributed by atoms with Gasteiger partial charge in [0.15, 0.2) is 0 Å². The van der Waals surface area contributed by atoms with Gasteiger partial charge in [-0.25, -0.2) is 0 Å². The van der Waals surface area contributed by atoms with E-state index in [1.165, 1.54) is 0 Å². The maximum atomic E-state index is 10.5. The Kier molecular flexibility index (Phi) is 7.16. The van der Waals surface area contributed by atoms with Gasteiger partial charge in [-0.2, -0.15) is 15.0 Å². The van der Waals surface area contributed by atoms with Crippen LogP contribution in [0.3, 0.4) is 0 Å². The molecule has 1 rings (SSSR count). The molecule has 0 aromatic carbocycles. The molecule has 0 spiro atoms. The summed E-state index contributed by atoms with van der Waals surface area (Å²) in [6, 6.07) is 0.247. The number of hydrogen-bond donors (Lipinski definition) is 3. The quantitative estimate of drug-likeness (QED) is 0.516. The maximum absolute atomic E-state index is 10.5. The van der Waals surface area contributed by atoms with Gasteiger partial charge >= 0.3 is 6.01 Å². The Morgan fingerprint density at radius 2 is 1.90 bits per heavy atom. The van der Waals surface area contributed by atoms with Crippen LogP contribution in [0.2, 0.25) is 0 Å².